The molecule has 4 heterocycles. The van der Waals surface area contributed by atoms with Gasteiger partial charge in [0.1, 0.15) is 16.5 Å². The van der Waals surface area contributed by atoms with E-state index in [9.17, 15) is 32.7 Å². The van der Waals surface area contributed by atoms with Crippen molar-refractivity contribution in [3.05, 3.63) is 62.8 Å². The van der Waals surface area contributed by atoms with Crippen LogP contribution in [-0.4, -0.2) is 80.4 Å². The van der Waals surface area contributed by atoms with Crippen LogP contribution in [0.5, 0.6) is 5.75 Å². The second-order valence-electron chi connectivity index (χ2n) is 11.3. The van der Waals surface area contributed by atoms with E-state index in [0.29, 0.717) is 37.1 Å². The SMILES string of the molecule is CN1C(=O)c2c(O)c(=O)c(-c3nnc(Cc4ccc(F)cc4)s3)cn2N(C)C12CCC(CC(=O)N1CC(F)(F)C1)CC2. The number of carbonyl (C=O) groups is 2. The van der Waals surface area contributed by atoms with Crippen LogP contribution in [0.2, 0.25) is 0 Å². The van der Waals surface area contributed by atoms with E-state index in [-0.39, 0.29) is 40.3 Å². The summed E-state index contributed by atoms with van der Waals surface area (Å²) >= 11 is 1.17. The van der Waals surface area contributed by atoms with Crippen molar-refractivity contribution in [1.82, 2.24) is 24.7 Å². The van der Waals surface area contributed by atoms with Gasteiger partial charge in [-0.25, -0.2) is 13.2 Å². The molecule has 42 heavy (non-hydrogen) atoms. The molecular formula is C28H29F3N6O4S. The van der Waals surface area contributed by atoms with Crippen LogP contribution in [0.15, 0.2) is 35.3 Å². The van der Waals surface area contributed by atoms with Crippen molar-refractivity contribution in [2.75, 3.05) is 32.2 Å². The molecule has 1 saturated heterocycles. The van der Waals surface area contributed by atoms with Crippen molar-refractivity contribution in [3.8, 4) is 16.3 Å². The van der Waals surface area contributed by atoms with Crippen molar-refractivity contribution in [1.29, 1.82) is 0 Å². The predicted molar refractivity (Wildman–Crippen MR) is 148 cm³/mol. The fourth-order valence-electron chi connectivity index (χ4n) is 6.22. The number of aromatic nitrogens is 3. The monoisotopic (exact) mass is 602 g/mol. The highest BCUT2D eigenvalue weighted by Crippen LogP contribution is 2.43. The minimum atomic E-state index is -2.81. The van der Waals surface area contributed by atoms with Crippen LogP contribution in [-0.2, 0) is 11.2 Å². The third-order valence-corrected chi connectivity index (χ3v) is 9.71. The fourth-order valence-corrected chi connectivity index (χ4v) is 7.10. The number of pyridine rings is 1. The number of benzene rings is 1. The maximum absolute atomic E-state index is 13.5. The number of halogens is 3. The van der Waals surface area contributed by atoms with Gasteiger partial charge in [0.05, 0.1) is 18.7 Å². The van der Waals surface area contributed by atoms with Gasteiger partial charge in [-0.1, -0.05) is 23.5 Å². The van der Waals surface area contributed by atoms with Gasteiger partial charge in [-0.3, -0.25) is 24.1 Å². The lowest BCUT2D eigenvalue weighted by Crippen LogP contribution is -2.69. The molecule has 3 aromatic rings. The Hall–Kier alpha value is -3.94. The Bertz CT molecular complexity index is 1610. The van der Waals surface area contributed by atoms with E-state index in [0.717, 1.165) is 5.56 Å². The van der Waals surface area contributed by atoms with Crippen LogP contribution in [0.3, 0.4) is 0 Å². The van der Waals surface area contributed by atoms with Crippen molar-refractivity contribution in [2.24, 2.45) is 5.92 Å². The maximum atomic E-state index is 13.5. The van der Waals surface area contributed by atoms with Crippen LogP contribution < -0.4 is 10.4 Å². The number of rotatable bonds is 5. The molecular weight excluding hydrogens is 573 g/mol. The van der Waals surface area contributed by atoms with E-state index in [1.807, 2.05) is 5.01 Å². The normalized spacial score (nSPS) is 23.2. The van der Waals surface area contributed by atoms with Gasteiger partial charge >= 0.3 is 0 Å². The average molecular weight is 603 g/mol. The zero-order valence-electron chi connectivity index (χ0n) is 23.0. The number of hydrogen-bond acceptors (Lipinski definition) is 8. The second-order valence-corrected chi connectivity index (χ2v) is 12.4. The number of carbonyl (C=O) groups excluding carboxylic acids is 2. The van der Waals surface area contributed by atoms with Crippen molar-refractivity contribution >= 4 is 23.2 Å². The maximum Gasteiger partial charge on any atom is 0.282 e. The summed E-state index contributed by atoms with van der Waals surface area (Å²) in [6.07, 6.45) is 4.24. The van der Waals surface area contributed by atoms with Gasteiger partial charge in [-0.15, -0.1) is 10.2 Å². The van der Waals surface area contributed by atoms with Crippen LogP contribution in [0, 0.1) is 11.7 Å². The van der Waals surface area contributed by atoms with Gasteiger partial charge in [0, 0.05) is 33.1 Å². The zero-order valence-corrected chi connectivity index (χ0v) is 23.8. The first-order chi connectivity index (χ1) is 19.9. The van der Waals surface area contributed by atoms with E-state index < -0.39 is 41.8 Å². The van der Waals surface area contributed by atoms with Gasteiger partial charge in [-0.2, -0.15) is 0 Å². The largest absolute Gasteiger partial charge is 0.502 e. The van der Waals surface area contributed by atoms with Gasteiger partial charge in [-0.05, 0) is 49.3 Å². The van der Waals surface area contributed by atoms with Crippen LogP contribution in [0.4, 0.5) is 13.2 Å². The highest BCUT2D eigenvalue weighted by molar-refractivity contribution is 7.14. The van der Waals surface area contributed by atoms with Crippen LogP contribution in [0.1, 0.15) is 53.2 Å². The summed E-state index contributed by atoms with van der Waals surface area (Å²) in [5, 5.41) is 21.9. The zero-order chi connectivity index (χ0) is 30.0. The lowest BCUT2D eigenvalue weighted by molar-refractivity contribution is -0.167. The quantitative estimate of drug-likeness (QED) is 0.478. The Morgan fingerprint density at radius 3 is 2.40 bits per heavy atom. The van der Waals surface area contributed by atoms with E-state index in [4.69, 9.17) is 0 Å². The van der Waals surface area contributed by atoms with E-state index >= 15 is 0 Å². The first-order valence-electron chi connectivity index (χ1n) is 13.6. The molecule has 1 spiro atoms. The Morgan fingerprint density at radius 1 is 1.10 bits per heavy atom. The molecule has 1 aromatic carbocycles. The molecule has 10 nitrogen and oxygen atoms in total. The molecule has 2 aliphatic heterocycles. The van der Waals surface area contributed by atoms with Crippen molar-refractivity contribution in [2.45, 2.75) is 50.1 Å². The minimum absolute atomic E-state index is 0.00505. The average Bonchev–Trinajstić information content (AvgIpc) is 3.41. The van der Waals surface area contributed by atoms with Crippen molar-refractivity contribution < 1.29 is 27.9 Å². The molecule has 14 heteroatoms. The molecule has 3 aliphatic rings. The number of fused-ring (bicyclic) bond motifs is 1. The molecule has 222 valence electrons. The number of hydrogen-bond donors (Lipinski definition) is 1. The third kappa shape index (κ3) is 4.71. The summed E-state index contributed by atoms with van der Waals surface area (Å²) in [4.78, 5) is 41.9. The van der Waals surface area contributed by atoms with E-state index in [1.165, 1.54) is 44.1 Å². The topological polar surface area (TPSA) is 112 Å². The highest BCUT2D eigenvalue weighted by atomic mass is 32.1. The minimum Gasteiger partial charge on any atom is -0.502 e. The summed E-state index contributed by atoms with van der Waals surface area (Å²) in [5.74, 6) is -4.64. The number of alkyl halides is 2. The van der Waals surface area contributed by atoms with E-state index in [1.54, 1.807) is 26.2 Å². The first-order valence-corrected chi connectivity index (χ1v) is 14.4. The smallest absolute Gasteiger partial charge is 0.282 e. The van der Waals surface area contributed by atoms with Crippen molar-refractivity contribution in [3.63, 3.8) is 0 Å². The van der Waals surface area contributed by atoms with Gasteiger partial charge in [0.25, 0.3) is 11.8 Å². The standard InChI is InChI=1S/C28H29F3N6O4S/c1-34-26(41)22-24(40)23(39)19(25-33-32-20(42-25)11-16-3-5-18(29)6-4-16)13-37(22)35(2)28(34)9-7-17(8-10-28)12-21(38)36-14-27(30,31)15-36/h3-6,13,17,40H,7-12,14-15H2,1-2H3. The Kier molecular flexibility index (Phi) is 6.78. The fraction of sp³-hybridized carbons (Fsp3) is 0.464. The summed E-state index contributed by atoms with van der Waals surface area (Å²) in [6, 6.07) is 5.98. The molecule has 6 rings (SSSR count). The Morgan fingerprint density at radius 2 is 1.76 bits per heavy atom. The first kappa shape index (κ1) is 28.2. The molecule has 1 saturated carbocycles. The summed E-state index contributed by atoms with van der Waals surface area (Å²) in [5.41, 5.74) is -0.785. The lowest BCUT2D eigenvalue weighted by Gasteiger charge is -2.55. The Labute approximate surface area is 243 Å². The molecule has 1 aliphatic carbocycles. The second kappa shape index (κ2) is 10.1. The molecule has 2 amide bonds. The molecule has 0 bridgehead atoms. The molecule has 1 N–H and O–H groups in total. The summed E-state index contributed by atoms with van der Waals surface area (Å²) < 4.78 is 41.2. The molecule has 0 atom stereocenters. The molecule has 2 aromatic heterocycles. The van der Waals surface area contributed by atoms with Gasteiger partial charge in [0.15, 0.2) is 16.5 Å². The van der Waals surface area contributed by atoms with Crippen LogP contribution in [0.25, 0.3) is 10.6 Å². The number of aromatic hydroxyl groups is 1. The third-order valence-electron chi connectivity index (χ3n) is 8.75. The highest BCUT2D eigenvalue weighted by Gasteiger charge is 2.51. The number of likely N-dealkylation sites (tertiary alicyclic amines) is 1. The lowest BCUT2D eigenvalue weighted by atomic mass is 9.78. The summed E-state index contributed by atoms with van der Waals surface area (Å²) in [7, 11) is 3.40. The van der Waals surface area contributed by atoms with Gasteiger partial charge < -0.3 is 14.9 Å². The molecule has 0 unspecified atom stereocenters. The number of nitrogens with zero attached hydrogens (tertiary/aromatic N) is 6. The summed E-state index contributed by atoms with van der Waals surface area (Å²) in [6.45, 7) is -1.07. The molecule has 0 radical (unpaired) electrons. The van der Waals surface area contributed by atoms with Crippen LogP contribution >= 0.6 is 11.3 Å². The van der Waals surface area contributed by atoms with Gasteiger partial charge in [0.2, 0.25) is 11.3 Å². The molecule has 2 fully saturated rings. The Balaban J connectivity index is 1.24. The number of amides is 2. The predicted octanol–water partition coefficient (Wildman–Crippen LogP) is 3.21. The van der Waals surface area contributed by atoms with E-state index in [2.05, 4.69) is 10.2 Å².